The molecule has 0 fully saturated rings. The molecule has 0 atom stereocenters. The smallest absolute Gasteiger partial charge is 0.249 e. The summed E-state index contributed by atoms with van der Waals surface area (Å²) in [4.78, 5) is 20.3. The fourth-order valence-corrected chi connectivity index (χ4v) is 2.13. The number of carbonyl (C=O) groups is 1. The van der Waals surface area contributed by atoms with Crippen LogP contribution in [0.1, 0.15) is 17.5 Å². The van der Waals surface area contributed by atoms with E-state index in [1.165, 1.54) is 0 Å². The number of hydrogen-bond acceptors (Lipinski definition) is 5. The Balaban J connectivity index is 1.55. The fraction of sp³-hybridized carbons (Fsp3) is 0.118. The molecule has 0 aliphatic rings. The monoisotopic (exact) mass is 318 g/mol. The number of aromatic nitrogens is 4. The Morgan fingerprint density at radius 3 is 2.75 bits per heavy atom. The van der Waals surface area contributed by atoms with Crippen LogP contribution in [-0.2, 0) is 11.2 Å². The molecule has 0 aliphatic heterocycles. The third kappa shape index (κ3) is 3.81. The van der Waals surface area contributed by atoms with E-state index in [0.29, 0.717) is 29.9 Å². The van der Waals surface area contributed by atoms with Crippen LogP contribution in [0.15, 0.2) is 48.7 Å². The maximum absolute atomic E-state index is 12.0. The van der Waals surface area contributed by atoms with Crippen LogP contribution in [0.5, 0.6) is 0 Å². The van der Waals surface area contributed by atoms with Gasteiger partial charge in [0.05, 0.1) is 11.6 Å². The van der Waals surface area contributed by atoms with E-state index < -0.39 is 0 Å². The molecule has 0 saturated heterocycles. The van der Waals surface area contributed by atoms with Crippen molar-refractivity contribution < 1.29 is 4.79 Å². The van der Waals surface area contributed by atoms with Crippen molar-refractivity contribution in [2.24, 2.45) is 0 Å². The van der Waals surface area contributed by atoms with E-state index in [2.05, 4.69) is 31.6 Å². The Bertz CT molecular complexity index is 864. The second-order valence-electron chi connectivity index (χ2n) is 5.08. The minimum atomic E-state index is -0.175. The molecule has 0 spiro atoms. The number of nitrogens with one attached hydrogen (secondary N) is 2. The fourth-order valence-electron chi connectivity index (χ4n) is 2.13. The first-order valence-electron chi connectivity index (χ1n) is 7.37. The van der Waals surface area contributed by atoms with Crippen molar-refractivity contribution >= 4 is 11.9 Å². The van der Waals surface area contributed by atoms with Gasteiger partial charge in [-0.05, 0) is 36.2 Å². The van der Waals surface area contributed by atoms with Gasteiger partial charge in [0.1, 0.15) is 5.69 Å². The number of H-pyrrole nitrogens is 1. The van der Waals surface area contributed by atoms with Crippen molar-refractivity contribution in [3.8, 4) is 17.6 Å². The minimum Gasteiger partial charge on any atom is -0.293 e. The van der Waals surface area contributed by atoms with Crippen LogP contribution in [0.25, 0.3) is 11.5 Å². The number of aromatic amines is 1. The third-order valence-electron chi connectivity index (χ3n) is 3.37. The van der Waals surface area contributed by atoms with Crippen molar-refractivity contribution in [3.63, 3.8) is 0 Å². The van der Waals surface area contributed by atoms with Gasteiger partial charge in [-0.3, -0.25) is 20.2 Å². The Kier molecular flexibility index (Phi) is 4.58. The summed E-state index contributed by atoms with van der Waals surface area (Å²) in [7, 11) is 0. The molecule has 2 aromatic heterocycles. The number of aryl methyl sites for hydroxylation is 1. The summed E-state index contributed by atoms with van der Waals surface area (Å²) in [5, 5.41) is 18.1. The summed E-state index contributed by atoms with van der Waals surface area (Å²) in [6.07, 6.45) is 2.54. The van der Waals surface area contributed by atoms with Gasteiger partial charge in [0.25, 0.3) is 0 Å². The molecule has 2 N–H and O–H groups in total. The highest BCUT2D eigenvalue weighted by Gasteiger charge is 2.09. The molecule has 0 aliphatic carbocycles. The maximum Gasteiger partial charge on any atom is 0.249 e. The molecular weight excluding hydrogens is 304 g/mol. The number of nitriles is 1. The molecule has 3 aromatic rings. The van der Waals surface area contributed by atoms with Gasteiger partial charge in [0.15, 0.2) is 5.82 Å². The van der Waals surface area contributed by atoms with Crippen molar-refractivity contribution in [1.82, 2.24) is 20.2 Å². The number of carbonyl (C=O) groups excluding carboxylic acids is 1. The Labute approximate surface area is 138 Å². The largest absolute Gasteiger partial charge is 0.293 e. The van der Waals surface area contributed by atoms with Gasteiger partial charge in [-0.15, -0.1) is 5.10 Å². The molecule has 7 heteroatoms. The lowest BCUT2D eigenvalue weighted by Crippen LogP contribution is -2.13. The number of benzene rings is 1. The van der Waals surface area contributed by atoms with Crippen LogP contribution in [0, 0.1) is 11.3 Å². The average molecular weight is 318 g/mol. The first kappa shape index (κ1) is 15.4. The van der Waals surface area contributed by atoms with Crippen molar-refractivity contribution in [2.75, 3.05) is 5.32 Å². The molecule has 24 heavy (non-hydrogen) atoms. The van der Waals surface area contributed by atoms with Crippen LogP contribution in [0.4, 0.5) is 5.95 Å². The molecule has 118 valence electrons. The van der Waals surface area contributed by atoms with Gasteiger partial charge in [0, 0.05) is 12.6 Å². The van der Waals surface area contributed by atoms with E-state index in [1.54, 1.807) is 24.4 Å². The molecule has 1 aromatic carbocycles. The maximum atomic E-state index is 12.0. The van der Waals surface area contributed by atoms with Gasteiger partial charge in [-0.2, -0.15) is 10.2 Å². The Morgan fingerprint density at radius 1 is 1.21 bits per heavy atom. The van der Waals surface area contributed by atoms with E-state index in [0.717, 1.165) is 5.56 Å². The van der Waals surface area contributed by atoms with E-state index in [9.17, 15) is 4.79 Å². The summed E-state index contributed by atoms with van der Waals surface area (Å²) in [5.74, 6) is 0.546. The lowest BCUT2D eigenvalue weighted by molar-refractivity contribution is -0.116. The standard InChI is InChI=1S/C17H14N6O/c18-11-13-6-4-12(5-7-13)8-9-15(24)20-17-21-16(22-23-17)14-3-1-2-10-19-14/h1-7,10H,8-9H2,(H2,20,21,22,23,24). The van der Waals surface area contributed by atoms with Crippen LogP contribution < -0.4 is 5.32 Å². The Hall–Kier alpha value is -3.53. The van der Waals surface area contributed by atoms with Crippen molar-refractivity contribution in [1.29, 1.82) is 5.26 Å². The van der Waals surface area contributed by atoms with Crippen molar-refractivity contribution in [3.05, 3.63) is 59.8 Å². The van der Waals surface area contributed by atoms with Crippen LogP contribution in [0.2, 0.25) is 0 Å². The zero-order valence-corrected chi connectivity index (χ0v) is 12.7. The zero-order chi connectivity index (χ0) is 16.8. The topological polar surface area (TPSA) is 107 Å². The van der Waals surface area contributed by atoms with Crippen LogP contribution >= 0.6 is 0 Å². The average Bonchev–Trinajstić information content (AvgIpc) is 3.09. The summed E-state index contributed by atoms with van der Waals surface area (Å²) >= 11 is 0. The molecule has 2 heterocycles. The van der Waals surface area contributed by atoms with Crippen molar-refractivity contribution in [2.45, 2.75) is 12.8 Å². The molecule has 0 unspecified atom stereocenters. The van der Waals surface area contributed by atoms with Gasteiger partial charge >= 0.3 is 0 Å². The predicted molar refractivity (Wildman–Crippen MR) is 87.7 cm³/mol. The highest BCUT2D eigenvalue weighted by molar-refractivity contribution is 5.89. The second-order valence-corrected chi connectivity index (χ2v) is 5.08. The zero-order valence-electron chi connectivity index (χ0n) is 12.7. The normalized spacial score (nSPS) is 10.1. The lowest BCUT2D eigenvalue weighted by Gasteiger charge is -2.02. The molecule has 7 nitrogen and oxygen atoms in total. The third-order valence-corrected chi connectivity index (χ3v) is 3.37. The van der Waals surface area contributed by atoms with Gasteiger partial charge in [-0.25, -0.2) is 0 Å². The molecule has 0 saturated carbocycles. The van der Waals surface area contributed by atoms with E-state index in [1.807, 2.05) is 24.3 Å². The first-order valence-corrected chi connectivity index (χ1v) is 7.37. The number of pyridine rings is 1. The quantitative estimate of drug-likeness (QED) is 0.750. The van der Waals surface area contributed by atoms with E-state index in [4.69, 9.17) is 5.26 Å². The predicted octanol–water partition coefficient (Wildman–Crippen LogP) is 2.31. The SMILES string of the molecule is N#Cc1ccc(CCC(=O)Nc2n[nH]c(-c3ccccn3)n2)cc1. The molecular formula is C17H14N6O. The van der Waals surface area contributed by atoms with Crippen LogP contribution in [0.3, 0.4) is 0 Å². The molecule has 0 radical (unpaired) electrons. The number of hydrogen-bond donors (Lipinski definition) is 2. The summed E-state index contributed by atoms with van der Waals surface area (Å²) in [6.45, 7) is 0. The van der Waals surface area contributed by atoms with Crippen LogP contribution in [-0.4, -0.2) is 26.1 Å². The summed E-state index contributed by atoms with van der Waals surface area (Å²) < 4.78 is 0. The number of amides is 1. The number of anilines is 1. The second kappa shape index (κ2) is 7.15. The number of nitrogens with zero attached hydrogens (tertiary/aromatic N) is 4. The van der Waals surface area contributed by atoms with E-state index >= 15 is 0 Å². The highest BCUT2D eigenvalue weighted by Crippen LogP contribution is 2.12. The Morgan fingerprint density at radius 2 is 2.04 bits per heavy atom. The minimum absolute atomic E-state index is 0.175. The first-order chi connectivity index (χ1) is 11.7. The van der Waals surface area contributed by atoms with E-state index in [-0.39, 0.29) is 11.9 Å². The van der Waals surface area contributed by atoms with Gasteiger partial charge in [-0.1, -0.05) is 18.2 Å². The summed E-state index contributed by atoms with van der Waals surface area (Å²) in [6, 6.07) is 14.7. The summed E-state index contributed by atoms with van der Waals surface area (Å²) in [5.41, 5.74) is 2.25. The lowest BCUT2D eigenvalue weighted by atomic mass is 10.1. The van der Waals surface area contributed by atoms with Gasteiger partial charge < -0.3 is 0 Å². The molecule has 1 amide bonds. The highest BCUT2D eigenvalue weighted by atomic mass is 16.1. The number of rotatable bonds is 5. The molecule has 3 rings (SSSR count). The van der Waals surface area contributed by atoms with Gasteiger partial charge in [0.2, 0.25) is 11.9 Å². The molecule has 0 bridgehead atoms.